The van der Waals surface area contributed by atoms with Gasteiger partial charge in [0.05, 0.1) is 84.5 Å². The Morgan fingerprint density at radius 3 is 1.14 bits per heavy atom. The second-order valence-electron chi connectivity index (χ2n) is 32.5. The summed E-state index contributed by atoms with van der Waals surface area (Å²) in [5, 5.41) is 17.0. The SMILES string of the molecule is C.CC(=O)c1ccccc1.COc1cc(C)nc(OC)n1.COc1ccc(C)cc1.COc1cccc(C)c1.COc1ccccc1C.COc1cnc(C)nc1.Cc1cc(C)nc(C)n1.Cc1ccc(C)cc1.Cc1cccc(C)c1.Cc1ccccc1C.Cc1ccccn1.Cc1ccnc(C)n1.Cc1cnn(-c2ccccc2)c1.Cc1coc(C)c1.Cc1coc(C)c1C.Cc1nccs1.Cc1nnc(C)s1. The van der Waals surface area contributed by atoms with E-state index >= 15 is 0 Å². The second kappa shape index (κ2) is 75.5. The van der Waals surface area contributed by atoms with Crippen LogP contribution >= 0.6 is 22.7 Å². The van der Waals surface area contributed by atoms with E-state index in [1.165, 1.54) is 79.4 Å². The van der Waals surface area contributed by atoms with E-state index in [2.05, 4.69) is 193 Å². The van der Waals surface area contributed by atoms with Crippen molar-refractivity contribution in [2.24, 2.45) is 0 Å². The first kappa shape index (κ1) is 128. The van der Waals surface area contributed by atoms with E-state index in [0.29, 0.717) is 17.6 Å². The lowest BCUT2D eigenvalue weighted by Crippen LogP contribution is -1.96. The highest BCUT2D eigenvalue weighted by Crippen LogP contribution is 2.18. The lowest BCUT2D eigenvalue weighted by molar-refractivity contribution is 0.101. The summed E-state index contributed by atoms with van der Waals surface area (Å²) in [6.07, 6.45) is 16.0. The van der Waals surface area contributed by atoms with Gasteiger partial charge in [0.1, 0.15) is 56.3 Å². The maximum atomic E-state index is 10.6. The number of aryl methyl sites for hydroxylation is 25. The van der Waals surface area contributed by atoms with Gasteiger partial charge in [0.2, 0.25) is 5.88 Å². The molecular formula is C120H154N14O9S2. The van der Waals surface area contributed by atoms with Crippen molar-refractivity contribution >= 4 is 28.5 Å². The Hall–Kier alpha value is -15.3. The predicted octanol–water partition coefficient (Wildman–Crippen LogP) is 29.8. The first-order valence-corrected chi connectivity index (χ1v) is 48.3. The van der Waals surface area contributed by atoms with Gasteiger partial charge in [-0.05, 0) is 304 Å². The van der Waals surface area contributed by atoms with E-state index in [1.54, 1.807) is 115 Å². The predicted molar refractivity (Wildman–Crippen MR) is 600 cm³/mol. The van der Waals surface area contributed by atoms with Crippen molar-refractivity contribution in [3.63, 3.8) is 0 Å². The molecule has 0 aliphatic carbocycles. The number of thiazole rings is 1. The maximum Gasteiger partial charge on any atom is 0.319 e. The third-order valence-electron chi connectivity index (χ3n) is 19.1. The number of Topliss-reactive ketones (excluding diaryl/α,β-unsaturated/α-hetero) is 1. The Morgan fingerprint density at radius 1 is 0.324 bits per heavy atom. The fraction of sp³-hybridized carbons (Fsp3) is 0.283. The summed E-state index contributed by atoms with van der Waals surface area (Å²) in [7, 11) is 9.70. The molecule has 0 N–H and O–H groups in total. The van der Waals surface area contributed by atoms with Crippen molar-refractivity contribution < 1.29 is 42.1 Å². The molecule has 0 aliphatic rings. The van der Waals surface area contributed by atoms with Crippen LogP contribution in [0.25, 0.3) is 5.69 Å². The van der Waals surface area contributed by atoms with Crippen LogP contribution < -0.4 is 28.4 Å². The maximum absolute atomic E-state index is 10.6. The van der Waals surface area contributed by atoms with Crippen LogP contribution in [-0.4, -0.2) is 118 Å². The molecule has 8 aromatic carbocycles. The molecular weight excluding hydrogens is 1850 g/mol. The van der Waals surface area contributed by atoms with Gasteiger partial charge in [-0.15, -0.1) is 32.9 Å². The van der Waals surface area contributed by atoms with Gasteiger partial charge in [0.25, 0.3) is 0 Å². The van der Waals surface area contributed by atoms with E-state index in [-0.39, 0.29) is 13.2 Å². The number of aromatic nitrogens is 14. The molecule has 0 amide bonds. The first-order chi connectivity index (χ1) is 68.7. The molecule has 0 fully saturated rings. The lowest BCUT2D eigenvalue weighted by Gasteiger charge is -2.01. The molecule has 0 unspecified atom stereocenters. The van der Waals surface area contributed by atoms with E-state index in [4.69, 9.17) is 37.3 Å². The van der Waals surface area contributed by atoms with Crippen LogP contribution in [0.3, 0.4) is 0 Å². The van der Waals surface area contributed by atoms with Gasteiger partial charge in [-0.1, -0.05) is 205 Å². The van der Waals surface area contributed by atoms with Crippen LogP contribution in [0.2, 0.25) is 0 Å². The molecule has 18 rings (SSSR count). The number of nitrogens with zero attached hydrogens (tertiary/aromatic N) is 14. The van der Waals surface area contributed by atoms with E-state index in [1.807, 2.05) is 317 Å². The minimum atomic E-state index is 0. The molecule has 0 spiro atoms. The number of pyridine rings is 1. The van der Waals surface area contributed by atoms with Gasteiger partial charge in [-0.3, -0.25) is 14.8 Å². The zero-order valence-corrected chi connectivity index (χ0v) is 92.3. The molecule has 10 heterocycles. The average Bonchev–Trinajstić information content (AvgIpc) is 1.73. The molecule has 0 radical (unpaired) electrons. The number of methoxy groups -OCH3 is 6. The molecule has 0 saturated heterocycles. The quantitative estimate of drug-likeness (QED) is 0.128. The number of furan rings is 2. The molecule has 0 atom stereocenters. The van der Waals surface area contributed by atoms with Crippen molar-refractivity contribution in [3.05, 3.63) is 460 Å². The summed E-state index contributed by atoms with van der Waals surface area (Å²) in [4.78, 5) is 50.5. The summed E-state index contributed by atoms with van der Waals surface area (Å²) in [6.45, 7) is 53.6. The second-order valence-corrected chi connectivity index (χ2v) is 35.0. The van der Waals surface area contributed by atoms with Crippen LogP contribution in [0.15, 0.2) is 319 Å². The first-order valence-electron chi connectivity index (χ1n) is 46.6. The van der Waals surface area contributed by atoms with Crippen LogP contribution in [0.4, 0.5) is 0 Å². The van der Waals surface area contributed by atoms with Gasteiger partial charge >= 0.3 is 6.01 Å². The lowest BCUT2D eigenvalue weighted by atomic mass is 10.1. The monoisotopic (exact) mass is 2000 g/mol. The van der Waals surface area contributed by atoms with Crippen molar-refractivity contribution in [2.45, 2.75) is 194 Å². The topological polar surface area (TPSA) is 271 Å². The minimum Gasteiger partial charge on any atom is -0.497 e. The molecule has 0 aliphatic heterocycles. The number of hydrogen-bond acceptors (Lipinski definition) is 24. The summed E-state index contributed by atoms with van der Waals surface area (Å²) >= 11 is 3.29. The number of hydrogen-bond donors (Lipinski definition) is 0. The van der Waals surface area contributed by atoms with Gasteiger partial charge in [0, 0.05) is 70.3 Å². The van der Waals surface area contributed by atoms with Crippen LogP contribution in [-0.2, 0) is 0 Å². The zero-order valence-electron chi connectivity index (χ0n) is 90.7. The fourth-order valence-corrected chi connectivity index (χ4v) is 12.2. The number of para-hydroxylation sites is 2. The normalized spacial score (nSPS) is 9.25. The highest BCUT2D eigenvalue weighted by molar-refractivity contribution is 7.11. The molecule has 10 aromatic heterocycles. The van der Waals surface area contributed by atoms with E-state index in [0.717, 1.165) is 101 Å². The van der Waals surface area contributed by atoms with Crippen LogP contribution in [0, 0.1) is 180 Å². The summed E-state index contributed by atoms with van der Waals surface area (Å²) in [6, 6.07) is 82.2. The Labute approximate surface area is 872 Å². The smallest absolute Gasteiger partial charge is 0.319 e. The molecule has 0 saturated carbocycles. The molecule has 18 aromatic rings. The third kappa shape index (κ3) is 62.5. The Kier molecular flexibility index (Phi) is 66.5. The number of carbonyl (C=O) groups excluding carboxylic acids is 1. The average molecular weight is 2000 g/mol. The summed E-state index contributed by atoms with van der Waals surface area (Å²) in [5.74, 6) is 8.60. The molecule has 23 nitrogen and oxygen atoms in total. The summed E-state index contributed by atoms with van der Waals surface area (Å²) < 4.78 is 41.5. The van der Waals surface area contributed by atoms with Crippen LogP contribution in [0.1, 0.15) is 170 Å². The number of carbonyl (C=O) groups is 1. The van der Waals surface area contributed by atoms with E-state index < -0.39 is 0 Å². The minimum absolute atomic E-state index is 0. The molecule has 0 bridgehead atoms. The zero-order chi connectivity index (χ0) is 107. The molecule has 145 heavy (non-hydrogen) atoms. The molecule has 25 heteroatoms. The summed E-state index contributed by atoms with van der Waals surface area (Å²) in [5.41, 5.74) is 23.5. The van der Waals surface area contributed by atoms with E-state index in [9.17, 15) is 4.79 Å². The van der Waals surface area contributed by atoms with Gasteiger partial charge in [0.15, 0.2) is 11.5 Å². The Morgan fingerprint density at radius 2 is 0.828 bits per heavy atom. The third-order valence-corrected chi connectivity index (χ3v) is 20.6. The van der Waals surface area contributed by atoms with Crippen LogP contribution in [0.5, 0.6) is 34.9 Å². The van der Waals surface area contributed by atoms with Crippen molar-refractivity contribution in [2.75, 3.05) is 42.7 Å². The fourth-order valence-electron chi connectivity index (χ4n) is 11.1. The standard InChI is InChI=1S/C10H10N2.3C8H10O.C8H8O.3C8H10.C7H10N2O2.C7H10N2.C7H10O.C6H8N2O.C6H8N2.C6H7N.C6H8O.C4H6N2S.C4H5NS.CH4/c1-9-7-11-12(8-9)10-5-3-2-4-6-10;1-7-3-5-8(9-2)6-4-7;1-7-4-3-5-8(6-7)9-2;1-7-5-3-4-6-8(7)9-2;1-7(9)8-5-3-2-4-6-8;1-7-3-5-8(2)6-4-7;1-7-4-3-5-8(2)6-7;1-7-5-3-4-6-8(7)2;1-5-4-6(10-2)9-7(8-5)11-3;1-5-4-6(2)9-7(3)8-5;1-5-4-8-7(3)6(5)2;1-5-7-3-6(9-2)4-8-5;1-5-3-4-7-6(2)8-5;1-6-4-2-3-5-7-6;1-5-3-6(2)7-4-5;1-3-5-6-4(2)7-3;1-4-5-2-3-6-4;/h2-8H,1H3;3*3-6H,1-2H3;2-6H,1H3;3*3-6H,1-2H3;4H,1-3H3;4H,1-3H3;4H,1-3H3;3-4H,1-2H3;3-4H,1-2H3;2-5H,1H3;3-4H,1-2H3;1-2H3;2-3H,1H3;1H4. The van der Waals surface area contributed by atoms with Crippen molar-refractivity contribution in [3.8, 4) is 40.6 Å². The highest BCUT2D eigenvalue weighted by atomic mass is 32.1. The van der Waals surface area contributed by atoms with Crippen molar-refractivity contribution in [1.82, 2.24) is 69.8 Å². The number of ether oxygens (including phenoxy) is 6. The number of rotatable bonds is 8. The Bertz CT molecular complexity index is 6070. The van der Waals surface area contributed by atoms with Gasteiger partial charge < -0.3 is 37.3 Å². The van der Waals surface area contributed by atoms with Gasteiger partial charge in [-0.25, -0.2) is 39.6 Å². The van der Waals surface area contributed by atoms with Crippen molar-refractivity contribution in [1.29, 1.82) is 0 Å². The molecule has 770 valence electrons. The Balaban J connectivity index is 0.000000772. The number of benzene rings is 8. The van der Waals surface area contributed by atoms with Gasteiger partial charge in [-0.2, -0.15) is 10.1 Å². The highest BCUT2D eigenvalue weighted by Gasteiger charge is 2.03. The number of ketones is 1. The largest absolute Gasteiger partial charge is 0.497 e.